The normalized spacial score (nSPS) is 13.2. The number of para-hydroxylation sites is 1. The second-order valence-electron chi connectivity index (χ2n) is 4.99. The van der Waals surface area contributed by atoms with Crippen LogP contribution < -0.4 is 4.90 Å². The highest BCUT2D eigenvalue weighted by Crippen LogP contribution is 2.34. The fraction of sp³-hybridized carbons (Fsp3) is 0.235. The van der Waals surface area contributed by atoms with Gasteiger partial charge < -0.3 is 4.90 Å². The first-order chi connectivity index (χ1) is 9.29. The second kappa shape index (κ2) is 4.78. The van der Waals surface area contributed by atoms with Crippen molar-refractivity contribution in [2.75, 3.05) is 11.9 Å². The number of rotatable bonds is 1. The largest absolute Gasteiger partial charge is 0.344 e. The highest BCUT2D eigenvalue weighted by Gasteiger charge is 2.17. The van der Waals surface area contributed by atoms with Gasteiger partial charge in [-0.2, -0.15) is 5.26 Å². The van der Waals surface area contributed by atoms with Crippen molar-refractivity contribution >= 4 is 11.4 Å². The molecule has 94 valence electrons. The number of aryl methyl sites for hydroxylation is 2. The van der Waals surface area contributed by atoms with Crippen LogP contribution >= 0.6 is 0 Å². The van der Waals surface area contributed by atoms with Crippen LogP contribution in [0.15, 0.2) is 42.5 Å². The molecule has 0 radical (unpaired) electrons. The van der Waals surface area contributed by atoms with Gasteiger partial charge >= 0.3 is 0 Å². The molecule has 0 spiro atoms. The third kappa shape index (κ3) is 2.08. The first-order valence-electron chi connectivity index (χ1n) is 6.60. The van der Waals surface area contributed by atoms with Gasteiger partial charge in [-0.1, -0.05) is 30.3 Å². The Morgan fingerprint density at radius 1 is 1.05 bits per heavy atom. The van der Waals surface area contributed by atoms with Crippen molar-refractivity contribution in [1.82, 2.24) is 0 Å². The molecule has 2 nitrogen and oxygen atoms in total. The molecule has 2 heteroatoms. The average Bonchev–Trinajstić information content (AvgIpc) is 2.58. The maximum absolute atomic E-state index is 8.81. The van der Waals surface area contributed by atoms with Crippen LogP contribution in [0.5, 0.6) is 0 Å². The van der Waals surface area contributed by atoms with Gasteiger partial charge in [-0.25, -0.2) is 0 Å². The molecule has 0 N–H and O–H groups in total. The monoisotopic (exact) mass is 248 g/mol. The van der Waals surface area contributed by atoms with Crippen LogP contribution in [-0.2, 0) is 19.3 Å². The van der Waals surface area contributed by atoms with E-state index < -0.39 is 0 Å². The van der Waals surface area contributed by atoms with Gasteiger partial charge in [0, 0.05) is 18.4 Å². The highest BCUT2D eigenvalue weighted by molar-refractivity contribution is 5.70. The van der Waals surface area contributed by atoms with E-state index in [0.717, 1.165) is 18.4 Å². The van der Waals surface area contributed by atoms with Crippen molar-refractivity contribution in [2.45, 2.75) is 19.3 Å². The molecule has 19 heavy (non-hydrogen) atoms. The molecule has 0 bridgehead atoms. The Balaban J connectivity index is 2.07. The van der Waals surface area contributed by atoms with E-state index in [9.17, 15) is 0 Å². The Morgan fingerprint density at radius 2 is 1.79 bits per heavy atom. The van der Waals surface area contributed by atoms with Gasteiger partial charge in [-0.05, 0) is 41.7 Å². The molecule has 2 aromatic rings. The third-order valence-electron chi connectivity index (χ3n) is 3.81. The summed E-state index contributed by atoms with van der Waals surface area (Å²) in [4.78, 5) is 2.26. The van der Waals surface area contributed by atoms with Gasteiger partial charge in [-0.15, -0.1) is 0 Å². The lowest BCUT2D eigenvalue weighted by atomic mass is 10.0. The van der Waals surface area contributed by atoms with E-state index in [1.807, 2.05) is 0 Å². The van der Waals surface area contributed by atoms with Crippen LogP contribution in [0.25, 0.3) is 0 Å². The predicted molar refractivity (Wildman–Crippen MR) is 77.7 cm³/mol. The molecule has 1 heterocycles. The van der Waals surface area contributed by atoms with E-state index in [0.29, 0.717) is 6.42 Å². The van der Waals surface area contributed by atoms with Gasteiger partial charge in [-0.3, -0.25) is 0 Å². The van der Waals surface area contributed by atoms with Gasteiger partial charge in [0.25, 0.3) is 0 Å². The summed E-state index contributed by atoms with van der Waals surface area (Å²) in [7, 11) is 2.12. The molecule has 0 amide bonds. The van der Waals surface area contributed by atoms with Crippen molar-refractivity contribution in [3.05, 3.63) is 59.2 Å². The van der Waals surface area contributed by atoms with Crippen LogP contribution in [0.2, 0.25) is 0 Å². The SMILES string of the molecule is CN1c2ccccc2CCc2cc(CC#N)ccc21. The molecule has 0 fully saturated rings. The van der Waals surface area contributed by atoms with E-state index in [1.54, 1.807) is 0 Å². The summed E-state index contributed by atoms with van der Waals surface area (Å²) in [5, 5.41) is 8.81. The predicted octanol–water partition coefficient (Wildman–Crippen LogP) is 3.62. The second-order valence-corrected chi connectivity index (χ2v) is 4.99. The zero-order chi connectivity index (χ0) is 13.2. The molecule has 0 saturated carbocycles. The Kier molecular flexibility index (Phi) is 2.97. The molecule has 1 aliphatic rings. The summed E-state index contributed by atoms with van der Waals surface area (Å²) >= 11 is 0. The fourth-order valence-corrected chi connectivity index (χ4v) is 2.82. The molecule has 0 atom stereocenters. The Hall–Kier alpha value is -2.27. The molecular weight excluding hydrogens is 232 g/mol. The van der Waals surface area contributed by atoms with Crippen LogP contribution in [0.1, 0.15) is 16.7 Å². The van der Waals surface area contributed by atoms with Crippen molar-refractivity contribution in [3.63, 3.8) is 0 Å². The lowest BCUT2D eigenvalue weighted by Crippen LogP contribution is -2.11. The summed E-state index contributed by atoms with van der Waals surface area (Å²) in [6.45, 7) is 0. The maximum atomic E-state index is 8.81. The van der Waals surface area contributed by atoms with E-state index in [1.165, 1.54) is 22.5 Å². The fourth-order valence-electron chi connectivity index (χ4n) is 2.82. The number of anilines is 2. The zero-order valence-corrected chi connectivity index (χ0v) is 11.1. The molecule has 0 unspecified atom stereocenters. The third-order valence-corrected chi connectivity index (χ3v) is 3.81. The summed E-state index contributed by atoms with van der Waals surface area (Å²) in [5.41, 5.74) is 6.39. The van der Waals surface area contributed by atoms with Crippen molar-refractivity contribution in [3.8, 4) is 6.07 Å². The molecule has 0 saturated heterocycles. The zero-order valence-electron chi connectivity index (χ0n) is 11.1. The van der Waals surface area contributed by atoms with Crippen molar-refractivity contribution in [1.29, 1.82) is 5.26 Å². The van der Waals surface area contributed by atoms with Gasteiger partial charge in [0.15, 0.2) is 0 Å². The standard InChI is InChI=1S/C17H16N2/c1-19-16-5-3-2-4-14(16)7-8-15-12-13(10-11-18)6-9-17(15)19/h2-6,9,12H,7-8,10H2,1H3. The topological polar surface area (TPSA) is 27.0 Å². The molecule has 1 aliphatic heterocycles. The number of hydrogen-bond donors (Lipinski definition) is 0. The number of nitriles is 1. The van der Waals surface area contributed by atoms with E-state index in [4.69, 9.17) is 5.26 Å². The summed E-state index contributed by atoms with van der Waals surface area (Å²) in [6, 6.07) is 17.2. The summed E-state index contributed by atoms with van der Waals surface area (Å²) < 4.78 is 0. The lowest BCUT2D eigenvalue weighted by molar-refractivity contribution is 0.974. The van der Waals surface area contributed by atoms with Crippen molar-refractivity contribution < 1.29 is 0 Å². The minimum atomic E-state index is 0.490. The molecule has 2 aromatic carbocycles. The first kappa shape index (κ1) is 11.8. The van der Waals surface area contributed by atoms with Gasteiger partial charge in [0.2, 0.25) is 0 Å². The minimum Gasteiger partial charge on any atom is -0.344 e. The van der Waals surface area contributed by atoms with Crippen LogP contribution in [0.3, 0.4) is 0 Å². The average molecular weight is 248 g/mol. The Morgan fingerprint density at radius 3 is 2.63 bits per heavy atom. The molecular formula is C17H16N2. The Bertz CT molecular complexity index is 653. The van der Waals surface area contributed by atoms with Crippen molar-refractivity contribution in [2.24, 2.45) is 0 Å². The van der Waals surface area contributed by atoms with Gasteiger partial charge in [0.05, 0.1) is 12.5 Å². The number of fused-ring (bicyclic) bond motifs is 2. The summed E-state index contributed by atoms with van der Waals surface area (Å²) in [5.74, 6) is 0. The molecule has 0 aromatic heterocycles. The smallest absolute Gasteiger partial charge is 0.0669 e. The van der Waals surface area contributed by atoms with Gasteiger partial charge in [0.1, 0.15) is 0 Å². The molecule has 0 aliphatic carbocycles. The van der Waals surface area contributed by atoms with E-state index in [-0.39, 0.29) is 0 Å². The van der Waals surface area contributed by atoms with E-state index in [2.05, 4.69) is 60.5 Å². The number of benzene rings is 2. The van der Waals surface area contributed by atoms with Crippen LogP contribution in [-0.4, -0.2) is 7.05 Å². The first-order valence-corrected chi connectivity index (χ1v) is 6.60. The maximum Gasteiger partial charge on any atom is 0.0669 e. The molecule has 3 rings (SSSR count). The minimum absolute atomic E-state index is 0.490. The van der Waals surface area contributed by atoms with Crippen LogP contribution in [0, 0.1) is 11.3 Å². The number of nitrogens with zero attached hydrogens (tertiary/aromatic N) is 2. The summed E-state index contributed by atoms with van der Waals surface area (Å²) in [6.07, 6.45) is 2.59. The quantitative estimate of drug-likeness (QED) is 0.770. The lowest BCUT2D eigenvalue weighted by Gasteiger charge is -2.22. The van der Waals surface area contributed by atoms with Crippen LogP contribution in [0.4, 0.5) is 11.4 Å². The Labute approximate surface area is 113 Å². The highest BCUT2D eigenvalue weighted by atomic mass is 15.1. The number of hydrogen-bond acceptors (Lipinski definition) is 2. The van der Waals surface area contributed by atoms with E-state index >= 15 is 0 Å².